The van der Waals surface area contributed by atoms with Gasteiger partial charge in [-0.25, -0.2) is 4.39 Å². The second-order valence-corrected chi connectivity index (χ2v) is 5.95. The van der Waals surface area contributed by atoms with Crippen LogP contribution in [0.4, 0.5) is 28.9 Å². The van der Waals surface area contributed by atoms with Crippen molar-refractivity contribution in [2.45, 2.75) is 12.6 Å². The summed E-state index contributed by atoms with van der Waals surface area (Å²) in [5.74, 6) is -2.18. The maximum absolute atomic E-state index is 13.2. The summed E-state index contributed by atoms with van der Waals surface area (Å²) >= 11 is 0. The van der Waals surface area contributed by atoms with Crippen molar-refractivity contribution in [2.24, 2.45) is 5.92 Å². The topological polar surface area (TPSA) is 49.4 Å². The number of carbonyl (C=O) groups excluding carboxylic acids is 2. The number of hydrogen-bond donors (Lipinski definition) is 1. The molecule has 1 heterocycles. The number of amides is 2. The van der Waals surface area contributed by atoms with E-state index >= 15 is 0 Å². The molecule has 0 saturated carbocycles. The Morgan fingerprint density at radius 1 is 1.12 bits per heavy atom. The van der Waals surface area contributed by atoms with Crippen LogP contribution in [0.1, 0.15) is 12.0 Å². The van der Waals surface area contributed by atoms with E-state index < -0.39 is 35.3 Å². The lowest BCUT2D eigenvalue weighted by Gasteiger charge is -2.18. The Balaban J connectivity index is 1.73. The van der Waals surface area contributed by atoms with Crippen LogP contribution in [0.3, 0.4) is 0 Å². The number of benzene rings is 2. The summed E-state index contributed by atoms with van der Waals surface area (Å²) < 4.78 is 51.7. The number of anilines is 2. The summed E-state index contributed by atoms with van der Waals surface area (Å²) in [6.07, 6.45) is -4.65. The van der Waals surface area contributed by atoms with E-state index in [0.717, 1.165) is 23.1 Å². The predicted molar refractivity (Wildman–Crippen MR) is 86.9 cm³/mol. The van der Waals surface area contributed by atoms with E-state index in [1.807, 2.05) is 0 Å². The molecule has 1 aliphatic rings. The van der Waals surface area contributed by atoms with Crippen LogP contribution in [0, 0.1) is 11.7 Å². The van der Waals surface area contributed by atoms with Gasteiger partial charge < -0.3 is 10.2 Å². The molecule has 2 aromatic rings. The van der Waals surface area contributed by atoms with Crippen LogP contribution >= 0.6 is 0 Å². The molecule has 1 fully saturated rings. The van der Waals surface area contributed by atoms with Crippen molar-refractivity contribution in [3.05, 3.63) is 59.9 Å². The molecule has 4 nitrogen and oxygen atoms in total. The Morgan fingerprint density at radius 3 is 2.54 bits per heavy atom. The molecule has 1 unspecified atom stereocenters. The van der Waals surface area contributed by atoms with Gasteiger partial charge in [0.1, 0.15) is 5.82 Å². The first-order valence-corrected chi connectivity index (χ1v) is 7.78. The Bertz CT molecular complexity index is 851. The molecule has 1 N–H and O–H groups in total. The Labute approximate surface area is 146 Å². The summed E-state index contributed by atoms with van der Waals surface area (Å²) in [5, 5.41) is 2.52. The van der Waals surface area contributed by atoms with Crippen LogP contribution in [0.2, 0.25) is 0 Å². The number of carbonyl (C=O) groups is 2. The fourth-order valence-corrected chi connectivity index (χ4v) is 2.79. The van der Waals surface area contributed by atoms with Crippen LogP contribution < -0.4 is 10.2 Å². The molecule has 26 heavy (non-hydrogen) atoms. The molecule has 3 rings (SSSR count). The lowest BCUT2D eigenvalue weighted by molar-refractivity contribution is -0.137. The van der Waals surface area contributed by atoms with Gasteiger partial charge in [0, 0.05) is 24.3 Å². The molecule has 1 saturated heterocycles. The molecule has 136 valence electrons. The molecule has 1 atom stereocenters. The van der Waals surface area contributed by atoms with E-state index in [-0.39, 0.29) is 24.3 Å². The summed E-state index contributed by atoms with van der Waals surface area (Å²) in [6.45, 7) is -0.0404. The standard InChI is InChI=1S/C18H14F4N2O2/c19-13-4-2-5-14(9-13)23-17(26)11-7-16(25)24(10-11)15-6-1-3-12(8-15)18(20,21)22/h1-6,8-9,11H,7,10H2,(H,23,26). The van der Waals surface area contributed by atoms with E-state index in [1.54, 1.807) is 0 Å². The lowest BCUT2D eigenvalue weighted by atomic mass is 10.1. The van der Waals surface area contributed by atoms with Crippen molar-refractivity contribution in [3.8, 4) is 0 Å². The van der Waals surface area contributed by atoms with Gasteiger partial charge in [0.05, 0.1) is 11.5 Å². The normalized spacial score (nSPS) is 17.5. The molecular formula is C18H14F4N2O2. The fourth-order valence-electron chi connectivity index (χ4n) is 2.79. The Hall–Kier alpha value is -2.90. The highest BCUT2D eigenvalue weighted by Gasteiger charge is 2.37. The van der Waals surface area contributed by atoms with Gasteiger partial charge in [-0.15, -0.1) is 0 Å². The quantitative estimate of drug-likeness (QED) is 0.840. The average Bonchev–Trinajstić information content (AvgIpc) is 2.96. The minimum absolute atomic E-state index is 0.0404. The molecule has 0 bridgehead atoms. The Kier molecular flexibility index (Phi) is 4.67. The third-order valence-corrected chi connectivity index (χ3v) is 4.07. The van der Waals surface area contributed by atoms with Gasteiger partial charge in [0.15, 0.2) is 0 Å². The number of nitrogens with zero attached hydrogens (tertiary/aromatic N) is 1. The maximum Gasteiger partial charge on any atom is 0.416 e. The zero-order valence-electron chi connectivity index (χ0n) is 13.4. The van der Waals surface area contributed by atoms with E-state index in [4.69, 9.17) is 0 Å². The van der Waals surface area contributed by atoms with Gasteiger partial charge in [-0.1, -0.05) is 12.1 Å². The average molecular weight is 366 g/mol. The second kappa shape index (κ2) is 6.78. The van der Waals surface area contributed by atoms with E-state index in [0.29, 0.717) is 0 Å². The third kappa shape index (κ3) is 3.84. The number of rotatable bonds is 3. The largest absolute Gasteiger partial charge is 0.416 e. The van der Waals surface area contributed by atoms with Gasteiger partial charge >= 0.3 is 6.18 Å². The van der Waals surface area contributed by atoms with Crippen molar-refractivity contribution in [1.29, 1.82) is 0 Å². The molecule has 0 radical (unpaired) electrons. The van der Waals surface area contributed by atoms with Crippen LogP contribution in [0.5, 0.6) is 0 Å². The zero-order valence-corrected chi connectivity index (χ0v) is 13.4. The highest BCUT2D eigenvalue weighted by atomic mass is 19.4. The molecule has 0 spiro atoms. The maximum atomic E-state index is 13.2. The van der Waals surface area contributed by atoms with Crippen molar-refractivity contribution < 1.29 is 27.2 Å². The van der Waals surface area contributed by atoms with Crippen molar-refractivity contribution in [2.75, 3.05) is 16.8 Å². The predicted octanol–water partition coefficient (Wildman–Crippen LogP) is 3.84. The first-order chi connectivity index (χ1) is 12.2. The zero-order chi connectivity index (χ0) is 18.9. The lowest BCUT2D eigenvalue weighted by Crippen LogP contribution is -2.28. The third-order valence-electron chi connectivity index (χ3n) is 4.07. The molecule has 2 aromatic carbocycles. The molecule has 2 amide bonds. The number of hydrogen-bond acceptors (Lipinski definition) is 2. The van der Waals surface area contributed by atoms with Gasteiger partial charge in [-0.3, -0.25) is 9.59 Å². The number of alkyl halides is 3. The van der Waals surface area contributed by atoms with Gasteiger partial charge in [-0.05, 0) is 36.4 Å². The first kappa shape index (κ1) is 17.9. The van der Waals surface area contributed by atoms with Gasteiger partial charge in [-0.2, -0.15) is 13.2 Å². The van der Waals surface area contributed by atoms with Crippen LogP contribution in [0.15, 0.2) is 48.5 Å². The van der Waals surface area contributed by atoms with E-state index in [2.05, 4.69) is 5.32 Å². The number of halogens is 4. The molecule has 1 aliphatic heterocycles. The monoisotopic (exact) mass is 366 g/mol. The molecule has 8 heteroatoms. The van der Waals surface area contributed by atoms with Crippen molar-refractivity contribution >= 4 is 23.2 Å². The van der Waals surface area contributed by atoms with Crippen molar-refractivity contribution in [3.63, 3.8) is 0 Å². The molecule has 0 aliphatic carbocycles. The minimum atomic E-state index is -4.52. The summed E-state index contributed by atoms with van der Waals surface area (Å²) in [5.41, 5.74) is -0.527. The van der Waals surface area contributed by atoms with Crippen molar-refractivity contribution in [1.82, 2.24) is 0 Å². The molecular weight excluding hydrogens is 352 g/mol. The Morgan fingerprint density at radius 2 is 1.85 bits per heavy atom. The van der Waals surface area contributed by atoms with Crippen LogP contribution in [-0.4, -0.2) is 18.4 Å². The van der Waals surface area contributed by atoms with E-state index in [9.17, 15) is 27.2 Å². The second-order valence-electron chi connectivity index (χ2n) is 5.95. The summed E-state index contributed by atoms with van der Waals surface area (Å²) in [6, 6.07) is 9.69. The van der Waals surface area contributed by atoms with Crippen LogP contribution in [-0.2, 0) is 15.8 Å². The highest BCUT2D eigenvalue weighted by molar-refractivity contribution is 6.03. The van der Waals surface area contributed by atoms with Gasteiger partial charge in [0.2, 0.25) is 11.8 Å². The SMILES string of the molecule is O=C(Nc1cccc(F)c1)C1CC(=O)N(c2cccc(C(F)(F)F)c2)C1. The van der Waals surface area contributed by atoms with Gasteiger partial charge in [0.25, 0.3) is 0 Å². The number of nitrogens with one attached hydrogen (secondary N) is 1. The minimum Gasteiger partial charge on any atom is -0.326 e. The smallest absolute Gasteiger partial charge is 0.326 e. The van der Waals surface area contributed by atoms with E-state index in [1.165, 1.54) is 30.3 Å². The highest BCUT2D eigenvalue weighted by Crippen LogP contribution is 2.33. The molecule has 0 aromatic heterocycles. The van der Waals surface area contributed by atoms with Crippen LogP contribution in [0.25, 0.3) is 0 Å². The summed E-state index contributed by atoms with van der Waals surface area (Å²) in [7, 11) is 0. The fraction of sp³-hybridized carbons (Fsp3) is 0.222. The first-order valence-electron chi connectivity index (χ1n) is 7.78. The summed E-state index contributed by atoms with van der Waals surface area (Å²) in [4.78, 5) is 25.6.